The highest BCUT2D eigenvalue weighted by Crippen LogP contribution is 2.13. The Hall–Kier alpha value is -2.22. The molecule has 0 aliphatic carbocycles. The summed E-state index contributed by atoms with van der Waals surface area (Å²) in [6.45, 7) is 1.69. The molecule has 76 valence electrons. The molecule has 0 aromatic carbocycles. The average molecular weight is 204 g/mol. The first kappa shape index (κ1) is 10.9. The molecule has 5 heteroatoms. The summed E-state index contributed by atoms with van der Waals surface area (Å²) in [7, 11) is 0. The Kier molecular flexibility index (Phi) is 3.52. The highest BCUT2D eigenvalue weighted by molar-refractivity contribution is 5.55. The van der Waals surface area contributed by atoms with Gasteiger partial charge in [0.1, 0.15) is 18.2 Å². The summed E-state index contributed by atoms with van der Waals surface area (Å²) in [5.74, 6) is 5.26. The molecule has 5 nitrogen and oxygen atoms in total. The van der Waals surface area contributed by atoms with Crippen molar-refractivity contribution in [3.8, 4) is 11.8 Å². The van der Waals surface area contributed by atoms with Crippen molar-refractivity contribution in [1.82, 2.24) is 4.98 Å². The highest BCUT2D eigenvalue weighted by atomic mass is 16.6. The van der Waals surface area contributed by atoms with Gasteiger partial charge in [-0.05, 0) is 18.4 Å². The summed E-state index contributed by atoms with van der Waals surface area (Å²) in [5.41, 5.74) is 1.03. The van der Waals surface area contributed by atoms with E-state index in [0.717, 1.165) is 6.20 Å². The van der Waals surface area contributed by atoms with E-state index < -0.39 is 4.92 Å². The standard InChI is InChI=1S/C10H8N2O3/c1-8-6-9(12(14)15)7-11-10(8)4-2-3-5-13/h5-7H,3H2,1H3. The van der Waals surface area contributed by atoms with Gasteiger partial charge in [-0.3, -0.25) is 10.1 Å². The molecule has 0 aliphatic heterocycles. The zero-order valence-corrected chi connectivity index (χ0v) is 8.06. The molecule has 0 amide bonds. The fourth-order valence-corrected chi connectivity index (χ4v) is 0.967. The SMILES string of the molecule is Cc1cc([N+](=O)[O-])cnc1C#CCC=O. The van der Waals surface area contributed by atoms with E-state index in [2.05, 4.69) is 16.8 Å². The Bertz CT molecular complexity index is 457. The third-order valence-corrected chi connectivity index (χ3v) is 1.67. The molecule has 0 bridgehead atoms. The quantitative estimate of drug-likeness (QED) is 0.314. The van der Waals surface area contributed by atoms with Gasteiger partial charge in [-0.25, -0.2) is 4.98 Å². The first-order valence-electron chi connectivity index (χ1n) is 4.18. The normalized spacial score (nSPS) is 8.87. The summed E-state index contributed by atoms with van der Waals surface area (Å²) in [6, 6.07) is 1.40. The molecule has 1 aromatic rings. The lowest BCUT2D eigenvalue weighted by molar-refractivity contribution is -0.385. The number of aryl methyl sites for hydroxylation is 1. The number of nitrogens with zero attached hydrogens (tertiary/aromatic N) is 2. The number of aromatic nitrogens is 1. The van der Waals surface area contributed by atoms with Crippen LogP contribution in [0.2, 0.25) is 0 Å². The number of aldehydes is 1. The van der Waals surface area contributed by atoms with Gasteiger partial charge in [0, 0.05) is 6.07 Å². The van der Waals surface area contributed by atoms with Crippen LogP contribution in [-0.4, -0.2) is 16.2 Å². The number of rotatable bonds is 2. The van der Waals surface area contributed by atoms with Crippen molar-refractivity contribution in [2.75, 3.05) is 0 Å². The maximum absolute atomic E-state index is 10.4. The average Bonchev–Trinajstić information content (AvgIpc) is 2.20. The maximum Gasteiger partial charge on any atom is 0.287 e. The van der Waals surface area contributed by atoms with Crippen molar-refractivity contribution in [3.05, 3.63) is 33.6 Å². The maximum atomic E-state index is 10.4. The van der Waals surface area contributed by atoms with Crippen LogP contribution >= 0.6 is 0 Å². The van der Waals surface area contributed by atoms with Crippen molar-refractivity contribution in [2.45, 2.75) is 13.3 Å². The summed E-state index contributed by atoms with van der Waals surface area (Å²) in [6.07, 6.45) is 1.98. The topological polar surface area (TPSA) is 73.1 Å². The molecule has 1 heterocycles. The second kappa shape index (κ2) is 4.86. The van der Waals surface area contributed by atoms with Crippen LogP contribution in [0.4, 0.5) is 5.69 Å². The molecule has 0 spiro atoms. The van der Waals surface area contributed by atoms with Crippen LogP contribution in [-0.2, 0) is 4.79 Å². The summed E-state index contributed by atoms with van der Waals surface area (Å²) in [5, 5.41) is 10.4. The number of hydrogen-bond donors (Lipinski definition) is 0. The Morgan fingerprint density at radius 2 is 2.40 bits per heavy atom. The van der Waals surface area contributed by atoms with E-state index in [4.69, 9.17) is 0 Å². The minimum absolute atomic E-state index is 0.0616. The number of carbonyl (C=O) groups excluding carboxylic acids is 1. The third kappa shape index (κ3) is 2.88. The first-order valence-corrected chi connectivity index (χ1v) is 4.18. The molecule has 0 saturated heterocycles. The number of carbonyl (C=O) groups is 1. The van der Waals surface area contributed by atoms with E-state index >= 15 is 0 Å². The van der Waals surface area contributed by atoms with Crippen molar-refractivity contribution in [2.24, 2.45) is 0 Å². The predicted molar refractivity (Wildman–Crippen MR) is 53.2 cm³/mol. The fourth-order valence-electron chi connectivity index (χ4n) is 0.967. The molecule has 0 aliphatic rings. The molecule has 0 radical (unpaired) electrons. The van der Waals surface area contributed by atoms with Crippen molar-refractivity contribution in [3.63, 3.8) is 0 Å². The molecule has 1 aromatic heterocycles. The van der Waals surface area contributed by atoms with Gasteiger partial charge in [0.05, 0.1) is 11.3 Å². The van der Waals surface area contributed by atoms with E-state index in [0.29, 0.717) is 17.5 Å². The first-order chi connectivity index (χ1) is 7.15. The Morgan fingerprint density at radius 1 is 1.67 bits per heavy atom. The minimum atomic E-state index is -0.511. The lowest BCUT2D eigenvalue weighted by Crippen LogP contribution is -1.93. The molecule has 0 saturated carbocycles. The summed E-state index contributed by atoms with van der Waals surface area (Å²) < 4.78 is 0. The van der Waals surface area contributed by atoms with Crippen molar-refractivity contribution in [1.29, 1.82) is 0 Å². The van der Waals surface area contributed by atoms with Crippen LogP contribution in [0.5, 0.6) is 0 Å². The molecule has 15 heavy (non-hydrogen) atoms. The van der Waals surface area contributed by atoms with Gasteiger partial charge in [-0.2, -0.15) is 0 Å². The molecule has 0 unspecified atom stereocenters. The van der Waals surface area contributed by atoms with E-state index in [-0.39, 0.29) is 12.1 Å². The van der Waals surface area contributed by atoms with Crippen molar-refractivity contribution < 1.29 is 9.72 Å². The second-order valence-electron chi connectivity index (χ2n) is 2.79. The van der Waals surface area contributed by atoms with Gasteiger partial charge in [-0.15, -0.1) is 0 Å². The Morgan fingerprint density at radius 3 is 2.93 bits per heavy atom. The van der Waals surface area contributed by atoms with E-state index in [1.165, 1.54) is 6.07 Å². The minimum Gasteiger partial charge on any atom is -0.302 e. The van der Waals surface area contributed by atoms with Gasteiger partial charge in [0.25, 0.3) is 5.69 Å². The molecular weight excluding hydrogens is 196 g/mol. The highest BCUT2D eigenvalue weighted by Gasteiger charge is 2.07. The number of hydrogen-bond acceptors (Lipinski definition) is 4. The zero-order chi connectivity index (χ0) is 11.3. The molecule has 0 N–H and O–H groups in total. The zero-order valence-electron chi connectivity index (χ0n) is 8.06. The van der Waals surface area contributed by atoms with Crippen LogP contribution in [0.25, 0.3) is 0 Å². The number of pyridine rings is 1. The number of nitro groups is 1. The van der Waals surface area contributed by atoms with E-state index in [9.17, 15) is 14.9 Å². The van der Waals surface area contributed by atoms with Crippen LogP contribution in [0.1, 0.15) is 17.7 Å². The van der Waals surface area contributed by atoms with Crippen LogP contribution in [0.3, 0.4) is 0 Å². The summed E-state index contributed by atoms with van der Waals surface area (Å²) in [4.78, 5) is 23.7. The van der Waals surface area contributed by atoms with Crippen LogP contribution in [0, 0.1) is 28.9 Å². The van der Waals surface area contributed by atoms with Crippen molar-refractivity contribution >= 4 is 12.0 Å². The molecule has 0 atom stereocenters. The lowest BCUT2D eigenvalue weighted by Gasteiger charge is -1.96. The summed E-state index contributed by atoms with van der Waals surface area (Å²) >= 11 is 0. The lowest BCUT2D eigenvalue weighted by atomic mass is 10.2. The second-order valence-corrected chi connectivity index (χ2v) is 2.79. The van der Waals surface area contributed by atoms with Gasteiger partial charge in [0.2, 0.25) is 0 Å². The van der Waals surface area contributed by atoms with Gasteiger partial charge in [-0.1, -0.05) is 5.92 Å². The largest absolute Gasteiger partial charge is 0.302 e. The molecule has 1 rings (SSSR count). The monoisotopic (exact) mass is 204 g/mol. The third-order valence-electron chi connectivity index (χ3n) is 1.67. The van der Waals surface area contributed by atoms with Crippen LogP contribution in [0.15, 0.2) is 12.3 Å². The predicted octanol–water partition coefficient (Wildman–Crippen LogP) is 1.24. The van der Waals surface area contributed by atoms with Gasteiger partial charge in [0.15, 0.2) is 0 Å². The van der Waals surface area contributed by atoms with Gasteiger partial charge >= 0.3 is 0 Å². The van der Waals surface area contributed by atoms with Gasteiger partial charge < -0.3 is 4.79 Å². The smallest absolute Gasteiger partial charge is 0.287 e. The Labute approximate surface area is 86.3 Å². The molecular formula is C10H8N2O3. The Balaban J connectivity index is 2.99. The molecule has 0 fully saturated rings. The van der Waals surface area contributed by atoms with E-state index in [1.54, 1.807) is 6.92 Å². The fraction of sp³-hybridized carbons (Fsp3) is 0.200. The van der Waals surface area contributed by atoms with Crippen LogP contribution < -0.4 is 0 Å². The van der Waals surface area contributed by atoms with E-state index in [1.807, 2.05) is 0 Å².